The quantitative estimate of drug-likeness (QED) is 0.668. The molecule has 0 aliphatic rings. The number of nitrogens with zero attached hydrogens (tertiary/aromatic N) is 1. The van der Waals surface area contributed by atoms with Crippen LogP contribution in [0.25, 0.3) is 0 Å². The Kier molecular flexibility index (Phi) is 8.07. The van der Waals surface area contributed by atoms with Crippen LogP contribution < -0.4 is 5.32 Å². The Morgan fingerprint density at radius 1 is 1.00 bits per heavy atom. The summed E-state index contributed by atoms with van der Waals surface area (Å²) in [5, 5.41) is 3.65. The second-order valence-electron chi connectivity index (χ2n) is 4.69. The normalized spacial score (nSPS) is 14.2. The summed E-state index contributed by atoms with van der Waals surface area (Å²) in [5.74, 6) is 0. The summed E-state index contributed by atoms with van der Waals surface area (Å²) in [6.45, 7) is 15.9. The van der Waals surface area contributed by atoms with Crippen molar-refractivity contribution in [2.75, 3.05) is 13.1 Å². The van der Waals surface area contributed by atoms with E-state index in [0.717, 1.165) is 13.1 Å². The van der Waals surface area contributed by atoms with E-state index in [4.69, 9.17) is 0 Å². The molecule has 2 heteroatoms. The van der Waals surface area contributed by atoms with Crippen molar-refractivity contribution in [2.45, 2.75) is 72.5 Å². The van der Waals surface area contributed by atoms with Crippen molar-refractivity contribution in [3.05, 3.63) is 0 Å². The highest BCUT2D eigenvalue weighted by molar-refractivity contribution is 4.74. The van der Waals surface area contributed by atoms with Crippen LogP contribution in [-0.4, -0.2) is 36.1 Å². The molecule has 0 aliphatic heterocycles. The third kappa shape index (κ3) is 5.53. The first-order valence-electron chi connectivity index (χ1n) is 6.55. The maximum atomic E-state index is 3.65. The lowest BCUT2D eigenvalue weighted by Gasteiger charge is -2.32. The standard InChI is InChI=1S/C13H30N2/c1-7-13(8-2)14-10-12(6)15(9-3)11(4)5/h11-14H,7-10H2,1-6H3. The second-order valence-corrected chi connectivity index (χ2v) is 4.69. The van der Waals surface area contributed by atoms with Crippen molar-refractivity contribution < 1.29 is 0 Å². The molecule has 0 bridgehead atoms. The van der Waals surface area contributed by atoms with Gasteiger partial charge in [-0.3, -0.25) is 4.90 Å². The van der Waals surface area contributed by atoms with Crippen LogP contribution in [0.5, 0.6) is 0 Å². The van der Waals surface area contributed by atoms with Gasteiger partial charge in [0.2, 0.25) is 0 Å². The minimum absolute atomic E-state index is 0.635. The molecule has 0 amide bonds. The van der Waals surface area contributed by atoms with Gasteiger partial charge >= 0.3 is 0 Å². The fraction of sp³-hybridized carbons (Fsp3) is 1.00. The van der Waals surface area contributed by atoms with Gasteiger partial charge in [-0.25, -0.2) is 0 Å². The minimum Gasteiger partial charge on any atom is -0.312 e. The average Bonchev–Trinajstić information content (AvgIpc) is 2.19. The molecule has 2 nitrogen and oxygen atoms in total. The minimum atomic E-state index is 0.635. The molecule has 0 heterocycles. The number of hydrogen-bond acceptors (Lipinski definition) is 2. The number of rotatable bonds is 8. The molecule has 0 saturated carbocycles. The van der Waals surface area contributed by atoms with E-state index in [2.05, 4.69) is 51.8 Å². The van der Waals surface area contributed by atoms with E-state index in [0.29, 0.717) is 18.1 Å². The zero-order valence-corrected chi connectivity index (χ0v) is 11.5. The van der Waals surface area contributed by atoms with E-state index in [1.165, 1.54) is 12.8 Å². The fourth-order valence-electron chi connectivity index (χ4n) is 2.22. The third-order valence-electron chi connectivity index (χ3n) is 3.28. The molecule has 1 atom stereocenters. The summed E-state index contributed by atoms with van der Waals surface area (Å²) in [7, 11) is 0. The summed E-state index contributed by atoms with van der Waals surface area (Å²) in [6, 6.07) is 1.97. The molecule has 0 radical (unpaired) electrons. The van der Waals surface area contributed by atoms with Crippen LogP contribution in [0, 0.1) is 0 Å². The summed E-state index contributed by atoms with van der Waals surface area (Å²) in [5.41, 5.74) is 0. The molecule has 1 N–H and O–H groups in total. The van der Waals surface area contributed by atoms with Gasteiger partial charge in [0, 0.05) is 24.7 Å². The van der Waals surface area contributed by atoms with Gasteiger partial charge in [0.15, 0.2) is 0 Å². The summed E-state index contributed by atoms with van der Waals surface area (Å²) in [6.07, 6.45) is 2.47. The van der Waals surface area contributed by atoms with Crippen molar-refractivity contribution in [1.82, 2.24) is 10.2 Å². The summed E-state index contributed by atoms with van der Waals surface area (Å²) in [4.78, 5) is 2.54. The Labute approximate surface area is 96.4 Å². The van der Waals surface area contributed by atoms with Crippen LogP contribution in [0.3, 0.4) is 0 Å². The first-order chi connectivity index (χ1) is 7.06. The molecule has 92 valence electrons. The second kappa shape index (κ2) is 8.12. The fourth-order valence-corrected chi connectivity index (χ4v) is 2.22. The Bertz CT molecular complexity index is 141. The van der Waals surface area contributed by atoms with E-state index in [-0.39, 0.29) is 0 Å². The molecule has 0 aromatic rings. The molecule has 0 saturated heterocycles. The van der Waals surface area contributed by atoms with Crippen molar-refractivity contribution in [3.63, 3.8) is 0 Å². The molecular weight excluding hydrogens is 184 g/mol. The van der Waals surface area contributed by atoms with Crippen LogP contribution in [0.2, 0.25) is 0 Å². The van der Waals surface area contributed by atoms with Crippen LogP contribution in [0.15, 0.2) is 0 Å². The van der Waals surface area contributed by atoms with Crippen molar-refractivity contribution >= 4 is 0 Å². The largest absolute Gasteiger partial charge is 0.312 e. The molecule has 0 aromatic carbocycles. The van der Waals surface area contributed by atoms with E-state index >= 15 is 0 Å². The van der Waals surface area contributed by atoms with E-state index in [1.54, 1.807) is 0 Å². The lowest BCUT2D eigenvalue weighted by Crippen LogP contribution is -2.46. The monoisotopic (exact) mass is 214 g/mol. The first kappa shape index (κ1) is 14.9. The zero-order valence-electron chi connectivity index (χ0n) is 11.5. The molecule has 0 rings (SSSR count). The predicted octanol–water partition coefficient (Wildman–Crippen LogP) is 2.88. The highest BCUT2D eigenvalue weighted by atomic mass is 15.2. The molecule has 15 heavy (non-hydrogen) atoms. The SMILES string of the molecule is CCC(CC)NCC(C)N(CC)C(C)C. The van der Waals surface area contributed by atoms with Crippen LogP contribution >= 0.6 is 0 Å². The van der Waals surface area contributed by atoms with Gasteiger partial charge in [-0.1, -0.05) is 20.8 Å². The highest BCUT2D eigenvalue weighted by Gasteiger charge is 2.15. The lowest BCUT2D eigenvalue weighted by atomic mass is 10.1. The van der Waals surface area contributed by atoms with Gasteiger partial charge in [-0.2, -0.15) is 0 Å². The van der Waals surface area contributed by atoms with Gasteiger partial charge in [0.25, 0.3) is 0 Å². The Hall–Kier alpha value is -0.0800. The lowest BCUT2D eigenvalue weighted by molar-refractivity contribution is 0.166. The van der Waals surface area contributed by atoms with E-state index < -0.39 is 0 Å². The number of likely N-dealkylation sites (N-methyl/N-ethyl adjacent to an activating group) is 1. The van der Waals surface area contributed by atoms with E-state index in [1.807, 2.05) is 0 Å². The van der Waals surface area contributed by atoms with Crippen LogP contribution in [-0.2, 0) is 0 Å². The van der Waals surface area contributed by atoms with Crippen molar-refractivity contribution in [2.24, 2.45) is 0 Å². The van der Waals surface area contributed by atoms with E-state index in [9.17, 15) is 0 Å². The Balaban J connectivity index is 3.94. The van der Waals surface area contributed by atoms with Gasteiger partial charge in [-0.05, 0) is 40.2 Å². The molecule has 0 spiro atoms. The van der Waals surface area contributed by atoms with Gasteiger partial charge < -0.3 is 5.32 Å². The number of nitrogens with one attached hydrogen (secondary N) is 1. The highest BCUT2D eigenvalue weighted by Crippen LogP contribution is 2.05. The van der Waals surface area contributed by atoms with Crippen molar-refractivity contribution in [3.8, 4) is 0 Å². The summed E-state index contributed by atoms with van der Waals surface area (Å²) < 4.78 is 0. The van der Waals surface area contributed by atoms with Crippen LogP contribution in [0.4, 0.5) is 0 Å². The predicted molar refractivity (Wildman–Crippen MR) is 69.4 cm³/mol. The van der Waals surface area contributed by atoms with Gasteiger partial charge in [-0.15, -0.1) is 0 Å². The maximum absolute atomic E-state index is 3.65. The topological polar surface area (TPSA) is 15.3 Å². The first-order valence-corrected chi connectivity index (χ1v) is 6.55. The number of hydrogen-bond donors (Lipinski definition) is 1. The maximum Gasteiger partial charge on any atom is 0.0195 e. The smallest absolute Gasteiger partial charge is 0.0195 e. The summed E-state index contributed by atoms with van der Waals surface area (Å²) >= 11 is 0. The molecular formula is C13H30N2. The van der Waals surface area contributed by atoms with Crippen LogP contribution in [0.1, 0.15) is 54.4 Å². The van der Waals surface area contributed by atoms with Gasteiger partial charge in [0.05, 0.1) is 0 Å². The molecule has 0 aliphatic carbocycles. The van der Waals surface area contributed by atoms with Gasteiger partial charge in [0.1, 0.15) is 0 Å². The molecule has 1 unspecified atom stereocenters. The Morgan fingerprint density at radius 2 is 1.53 bits per heavy atom. The molecule has 0 fully saturated rings. The Morgan fingerprint density at radius 3 is 1.87 bits per heavy atom. The molecule has 0 aromatic heterocycles. The third-order valence-corrected chi connectivity index (χ3v) is 3.28. The van der Waals surface area contributed by atoms with Crippen molar-refractivity contribution in [1.29, 1.82) is 0 Å². The average molecular weight is 214 g/mol. The zero-order chi connectivity index (χ0) is 11.8.